The molecule has 1 heterocycles. The van der Waals surface area contributed by atoms with Crippen molar-refractivity contribution in [3.63, 3.8) is 0 Å². The highest BCUT2D eigenvalue weighted by molar-refractivity contribution is 7.99. The molecule has 6 N–H and O–H groups in total. The molecular formula is C12H16ClN5O5S. The van der Waals surface area contributed by atoms with Gasteiger partial charge in [-0.05, 0) is 12.3 Å². The summed E-state index contributed by atoms with van der Waals surface area (Å²) in [6, 6.07) is 0. The van der Waals surface area contributed by atoms with Gasteiger partial charge >= 0.3 is 11.9 Å². The van der Waals surface area contributed by atoms with E-state index in [1.807, 2.05) is 0 Å². The number of nitrogens with one attached hydrogen (secondary N) is 2. The number of thioether (sulfide) groups is 1. The second kappa shape index (κ2) is 6.57. The molecule has 2 fully saturated rings. The number of aromatic nitrogens is 3. The van der Waals surface area contributed by atoms with Crippen LogP contribution in [0.3, 0.4) is 0 Å². The van der Waals surface area contributed by atoms with Crippen LogP contribution < -0.4 is 11.1 Å². The maximum absolute atomic E-state index is 11.8. The van der Waals surface area contributed by atoms with Crippen LogP contribution in [-0.2, 0) is 14.4 Å². The number of fused-ring (bicyclic) bond motifs is 1. The number of carbonyl (C=O) groups excluding carboxylic acids is 1. The van der Waals surface area contributed by atoms with Gasteiger partial charge in [0, 0.05) is 11.2 Å². The van der Waals surface area contributed by atoms with Crippen LogP contribution in [0, 0.1) is 17.8 Å². The molecule has 2 aliphatic carbocycles. The van der Waals surface area contributed by atoms with Gasteiger partial charge in [0.05, 0.1) is 12.5 Å². The summed E-state index contributed by atoms with van der Waals surface area (Å²) in [7, 11) is 0. The quantitative estimate of drug-likeness (QED) is 0.414. The molecule has 2 saturated carbocycles. The lowest BCUT2D eigenvalue weighted by molar-refractivity contribution is -0.149. The van der Waals surface area contributed by atoms with Gasteiger partial charge in [-0.2, -0.15) is 5.10 Å². The summed E-state index contributed by atoms with van der Waals surface area (Å²) in [5.41, 5.74) is 3.65. The smallest absolute Gasteiger partial charge is 0.329 e. The van der Waals surface area contributed by atoms with Crippen molar-refractivity contribution in [2.75, 3.05) is 6.54 Å². The van der Waals surface area contributed by atoms with Crippen molar-refractivity contribution < 1.29 is 24.6 Å². The predicted octanol–water partition coefficient (Wildman–Crippen LogP) is -1.06. The van der Waals surface area contributed by atoms with Crippen molar-refractivity contribution >= 4 is 42.0 Å². The average Bonchev–Trinajstić information content (AvgIpc) is 2.91. The van der Waals surface area contributed by atoms with Gasteiger partial charge in [0.25, 0.3) is 0 Å². The van der Waals surface area contributed by atoms with Crippen molar-refractivity contribution in [1.82, 2.24) is 20.5 Å². The summed E-state index contributed by atoms with van der Waals surface area (Å²) in [4.78, 5) is 38.9. The number of amides is 1. The Bertz CT molecular complexity index is 658. The van der Waals surface area contributed by atoms with Crippen LogP contribution in [0.5, 0.6) is 0 Å². The second-order valence-electron chi connectivity index (χ2n) is 5.65. The number of aliphatic carboxylic acids is 2. The summed E-state index contributed by atoms with van der Waals surface area (Å²) in [6.07, 6.45) is 1.43. The Morgan fingerprint density at radius 2 is 2.17 bits per heavy atom. The summed E-state index contributed by atoms with van der Waals surface area (Å²) in [6.45, 7) is -0.357. The molecule has 0 saturated heterocycles. The first kappa shape index (κ1) is 18.5. The van der Waals surface area contributed by atoms with Gasteiger partial charge in [-0.3, -0.25) is 14.7 Å². The number of aromatic amines is 1. The summed E-state index contributed by atoms with van der Waals surface area (Å²) >= 11 is 1.24. The standard InChI is InChI=1S/C12H15N5O5S.ClH/c13-2-5(18)16-12(10(21)22)1-4(23-11-14-3-15-17-11)6-7(8(6)12)9(19)20;/h3-4,6-8H,1-2,13H2,(H,16,18)(H,19,20)(H,21,22)(H,14,15,17);1H/t4-,6-,7-,8-,12-;/m0./s1. The minimum absolute atomic E-state index is 0. The monoisotopic (exact) mass is 377 g/mol. The number of nitrogens with zero attached hydrogens (tertiary/aromatic N) is 2. The lowest BCUT2D eigenvalue weighted by atomic mass is 9.90. The SMILES string of the molecule is Cl.NCC(=O)N[C@@]1(C(=O)O)C[C@H](Sc2ncn[nH]2)[C@H]2[C@H](C(=O)O)[C@H]21. The van der Waals surface area contributed by atoms with E-state index in [9.17, 15) is 24.6 Å². The van der Waals surface area contributed by atoms with Crippen molar-refractivity contribution in [2.24, 2.45) is 23.5 Å². The first-order valence-corrected chi connectivity index (χ1v) is 7.78. The number of rotatable bonds is 6. The van der Waals surface area contributed by atoms with E-state index in [4.69, 9.17) is 5.73 Å². The Balaban J connectivity index is 0.00000208. The summed E-state index contributed by atoms with van der Waals surface area (Å²) in [5, 5.41) is 28.0. The highest BCUT2D eigenvalue weighted by Gasteiger charge is 2.75. The maximum atomic E-state index is 11.8. The van der Waals surface area contributed by atoms with Gasteiger partial charge in [0.1, 0.15) is 11.9 Å². The van der Waals surface area contributed by atoms with Gasteiger partial charge in [0.2, 0.25) is 5.91 Å². The van der Waals surface area contributed by atoms with E-state index in [1.54, 1.807) is 0 Å². The van der Waals surface area contributed by atoms with Crippen LogP contribution in [-0.4, -0.2) is 60.6 Å². The molecule has 1 aromatic rings. The average molecular weight is 378 g/mol. The normalized spacial score (nSPS) is 33.2. The molecule has 132 valence electrons. The third-order valence-corrected chi connectivity index (χ3v) is 5.67. The Labute approximate surface area is 146 Å². The predicted molar refractivity (Wildman–Crippen MR) is 83.6 cm³/mol. The minimum Gasteiger partial charge on any atom is -0.481 e. The molecule has 24 heavy (non-hydrogen) atoms. The maximum Gasteiger partial charge on any atom is 0.329 e. The van der Waals surface area contributed by atoms with E-state index in [2.05, 4.69) is 20.5 Å². The molecular weight excluding hydrogens is 362 g/mol. The van der Waals surface area contributed by atoms with Crippen molar-refractivity contribution in [3.8, 4) is 0 Å². The highest BCUT2D eigenvalue weighted by Crippen LogP contribution is 2.65. The van der Waals surface area contributed by atoms with Crippen molar-refractivity contribution in [1.29, 1.82) is 0 Å². The minimum atomic E-state index is -1.61. The zero-order valence-corrected chi connectivity index (χ0v) is 13.8. The van der Waals surface area contributed by atoms with Crippen molar-refractivity contribution in [2.45, 2.75) is 22.4 Å². The molecule has 0 aromatic carbocycles. The Hall–Kier alpha value is -1.85. The van der Waals surface area contributed by atoms with Crippen LogP contribution in [0.1, 0.15) is 6.42 Å². The fourth-order valence-corrected chi connectivity index (χ4v) is 4.91. The molecule has 2 aliphatic rings. The van der Waals surface area contributed by atoms with Crippen LogP contribution in [0.2, 0.25) is 0 Å². The van der Waals surface area contributed by atoms with Gasteiger partial charge in [-0.1, -0.05) is 11.8 Å². The third kappa shape index (κ3) is 2.82. The van der Waals surface area contributed by atoms with Crippen LogP contribution in [0.15, 0.2) is 11.5 Å². The van der Waals surface area contributed by atoms with Gasteiger partial charge < -0.3 is 21.3 Å². The van der Waals surface area contributed by atoms with Crippen LogP contribution in [0.4, 0.5) is 0 Å². The number of hydrogen-bond acceptors (Lipinski definition) is 7. The van der Waals surface area contributed by atoms with Gasteiger partial charge in [0.15, 0.2) is 5.16 Å². The zero-order chi connectivity index (χ0) is 16.8. The van der Waals surface area contributed by atoms with E-state index < -0.39 is 35.2 Å². The molecule has 5 atom stereocenters. The highest BCUT2D eigenvalue weighted by atomic mass is 35.5. The number of carboxylic acids is 2. The number of halogens is 1. The number of nitrogens with two attached hydrogens (primary N) is 1. The van der Waals surface area contributed by atoms with Gasteiger partial charge in [-0.15, -0.1) is 12.4 Å². The largest absolute Gasteiger partial charge is 0.481 e. The molecule has 0 spiro atoms. The zero-order valence-electron chi connectivity index (χ0n) is 12.2. The molecule has 0 radical (unpaired) electrons. The molecule has 0 aliphatic heterocycles. The van der Waals surface area contributed by atoms with Crippen molar-refractivity contribution in [3.05, 3.63) is 6.33 Å². The number of hydrogen-bond donors (Lipinski definition) is 5. The fourth-order valence-electron chi connectivity index (χ4n) is 3.57. The van der Waals surface area contributed by atoms with Crippen LogP contribution in [0.25, 0.3) is 0 Å². The van der Waals surface area contributed by atoms with E-state index in [0.29, 0.717) is 5.16 Å². The van der Waals surface area contributed by atoms with E-state index in [0.717, 1.165) is 0 Å². The number of carbonyl (C=O) groups is 3. The lowest BCUT2D eigenvalue weighted by Crippen LogP contribution is -2.57. The molecule has 3 rings (SSSR count). The molecule has 10 nitrogen and oxygen atoms in total. The van der Waals surface area contributed by atoms with Crippen LogP contribution >= 0.6 is 24.2 Å². The second-order valence-corrected chi connectivity index (χ2v) is 6.87. The number of H-pyrrole nitrogens is 1. The van der Waals surface area contributed by atoms with E-state index in [-0.39, 0.29) is 36.5 Å². The first-order chi connectivity index (χ1) is 10.9. The number of carboxylic acid groups (broad SMARTS) is 2. The van der Waals surface area contributed by atoms with E-state index in [1.165, 1.54) is 18.1 Å². The molecule has 0 bridgehead atoms. The summed E-state index contributed by atoms with van der Waals surface area (Å²) < 4.78 is 0. The Morgan fingerprint density at radius 3 is 2.67 bits per heavy atom. The molecule has 1 amide bonds. The topological polar surface area (TPSA) is 171 Å². The first-order valence-electron chi connectivity index (χ1n) is 6.90. The Kier molecular flexibility index (Phi) is 5.06. The summed E-state index contributed by atoms with van der Waals surface area (Å²) in [5.74, 6) is -4.73. The third-order valence-electron chi connectivity index (χ3n) is 4.47. The molecule has 0 unspecified atom stereocenters. The fraction of sp³-hybridized carbons (Fsp3) is 0.583. The van der Waals surface area contributed by atoms with E-state index >= 15 is 0 Å². The van der Waals surface area contributed by atoms with Gasteiger partial charge in [-0.25, -0.2) is 9.78 Å². The molecule has 12 heteroatoms. The lowest BCUT2D eigenvalue weighted by Gasteiger charge is -2.29. The Morgan fingerprint density at radius 1 is 1.46 bits per heavy atom. The molecule has 1 aromatic heterocycles.